The maximum atomic E-state index is 11.2. The average molecular weight is 324 g/mol. The van der Waals surface area contributed by atoms with Gasteiger partial charge in [-0.2, -0.15) is 0 Å². The predicted octanol–water partition coefficient (Wildman–Crippen LogP) is 4.74. The highest BCUT2D eigenvalue weighted by atomic mass is 16.5. The number of methoxy groups -OCH3 is 1. The van der Waals surface area contributed by atoms with Crippen LogP contribution in [-0.2, 0) is 4.79 Å². The van der Waals surface area contributed by atoms with E-state index in [9.17, 15) is 4.79 Å². The summed E-state index contributed by atoms with van der Waals surface area (Å²) in [5.74, 6) is 1.58. The van der Waals surface area contributed by atoms with Gasteiger partial charge in [0.05, 0.1) is 13.2 Å². The first kappa shape index (κ1) is 16.6. The van der Waals surface area contributed by atoms with Crippen molar-refractivity contribution in [2.24, 2.45) is 0 Å². The molecule has 1 aliphatic carbocycles. The van der Waals surface area contributed by atoms with Crippen LogP contribution in [0.5, 0.6) is 11.5 Å². The molecule has 24 heavy (non-hydrogen) atoms. The van der Waals surface area contributed by atoms with E-state index < -0.39 is 0 Å². The van der Waals surface area contributed by atoms with Gasteiger partial charge in [0, 0.05) is 12.3 Å². The molecule has 0 saturated heterocycles. The summed E-state index contributed by atoms with van der Waals surface area (Å²) < 4.78 is 11.7. The molecule has 0 heterocycles. The number of carbonyl (C=O) groups excluding carboxylic acids is 1. The second-order valence-corrected chi connectivity index (χ2v) is 6.30. The summed E-state index contributed by atoms with van der Waals surface area (Å²) in [6.07, 6.45) is 6.37. The molecule has 0 spiro atoms. The van der Waals surface area contributed by atoms with Crippen LogP contribution in [0.25, 0.3) is 0 Å². The lowest BCUT2D eigenvalue weighted by Gasteiger charge is -2.20. The molecule has 1 atom stereocenters. The van der Waals surface area contributed by atoms with Gasteiger partial charge in [-0.05, 0) is 48.9 Å². The van der Waals surface area contributed by atoms with E-state index in [1.165, 1.54) is 12.8 Å². The Kier molecular flexibility index (Phi) is 5.52. The molecule has 0 aliphatic heterocycles. The molecule has 1 saturated carbocycles. The van der Waals surface area contributed by atoms with Gasteiger partial charge >= 0.3 is 0 Å². The first-order valence-corrected chi connectivity index (χ1v) is 8.65. The predicted molar refractivity (Wildman–Crippen MR) is 94.8 cm³/mol. The Morgan fingerprint density at radius 3 is 2.46 bits per heavy atom. The topological polar surface area (TPSA) is 35.5 Å². The number of hydrogen-bond donors (Lipinski definition) is 0. The highest BCUT2D eigenvalue weighted by Gasteiger charge is 2.20. The second kappa shape index (κ2) is 8.00. The SMILES string of the molecule is COc1ccc(C(CC=O)c2ccccc2)cc1OC1CCCC1. The zero-order chi connectivity index (χ0) is 16.8. The number of ether oxygens (including phenoxy) is 2. The van der Waals surface area contributed by atoms with Crippen LogP contribution in [0, 0.1) is 0 Å². The van der Waals surface area contributed by atoms with Crippen molar-refractivity contribution >= 4 is 6.29 Å². The number of aldehydes is 1. The standard InChI is InChI=1S/C21H24O3/c1-23-20-12-11-17(15-21(20)24-18-9-5-6-10-18)19(13-14-22)16-7-3-2-4-8-16/h2-4,7-8,11-12,14-15,18-19H,5-6,9-10,13H2,1H3. The van der Waals surface area contributed by atoms with Crippen LogP contribution in [0.15, 0.2) is 48.5 Å². The third-order valence-electron chi connectivity index (χ3n) is 4.72. The lowest BCUT2D eigenvalue weighted by molar-refractivity contribution is -0.108. The van der Waals surface area contributed by atoms with E-state index in [4.69, 9.17) is 9.47 Å². The molecule has 2 aromatic carbocycles. The van der Waals surface area contributed by atoms with Gasteiger partial charge in [0.15, 0.2) is 11.5 Å². The average Bonchev–Trinajstić information content (AvgIpc) is 3.13. The first-order chi connectivity index (χ1) is 11.8. The smallest absolute Gasteiger partial charge is 0.161 e. The highest BCUT2D eigenvalue weighted by Crippen LogP contribution is 2.36. The molecule has 126 valence electrons. The van der Waals surface area contributed by atoms with Crippen molar-refractivity contribution in [1.82, 2.24) is 0 Å². The molecule has 1 unspecified atom stereocenters. The first-order valence-electron chi connectivity index (χ1n) is 8.65. The molecule has 3 nitrogen and oxygen atoms in total. The lowest BCUT2D eigenvalue weighted by Crippen LogP contribution is -2.12. The Morgan fingerprint density at radius 2 is 1.79 bits per heavy atom. The molecule has 0 amide bonds. The summed E-state index contributed by atoms with van der Waals surface area (Å²) in [4.78, 5) is 11.2. The minimum atomic E-state index is 0.0422. The van der Waals surface area contributed by atoms with Crippen molar-refractivity contribution in [3.63, 3.8) is 0 Å². The van der Waals surface area contributed by atoms with Crippen LogP contribution in [0.4, 0.5) is 0 Å². The van der Waals surface area contributed by atoms with Crippen molar-refractivity contribution in [3.8, 4) is 11.5 Å². The molecule has 3 heteroatoms. The maximum absolute atomic E-state index is 11.2. The van der Waals surface area contributed by atoms with E-state index in [1.54, 1.807) is 7.11 Å². The van der Waals surface area contributed by atoms with Crippen LogP contribution in [-0.4, -0.2) is 19.5 Å². The van der Waals surface area contributed by atoms with Gasteiger partial charge in [0.2, 0.25) is 0 Å². The molecule has 0 bridgehead atoms. The van der Waals surface area contributed by atoms with Gasteiger partial charge in [0.25, 0.3) is 0 Å². The summed E-state index contributed by atoms with van der Waals surface area (Å²) in [6, 6.07) is 16.1. The molecule has 1 fully saturated rings. The molecule has 2 aromatic rings. The Balaban J connectivity index is 1.91. The zero-order valence-corrected chi connectivity index (χ0v) is 14.1. The quantitative estimate of drug-likeness (QED) is 0.690. The second-order valence-electron chi connectivity index (χ2n) is 6.30. The third-order valence-corrected chi connectivity index (χ3v) is 4.72. The van der Waals surface area contributed by atoms with E-state index in [0.29, 0.717) is 6.42 Å². The van der Waals surface area contributed by atoms with Crippen molar-refractivity contribution in [2.45, 2.75) is 44.1 Å². The molecule has 1 aliphatic rings. The van der Waals surface area contributed by atoms with Crippen LogP contribution >= 0.6 is 0 Å². The van der Waals surface area contributed by atoms with Gasteiger partial charge < -0.3 is 14.3 Å². The van der Waals surface area contributed by atoms with Crippen LogP contribution in [0.1, 0.15) is 49.1 Å². The zero-order valence-electron chi connectivity index (χ0n) is 14.1. The van der Waals surface area contributed by atoms with Crippen LogP contribution in [0.2, 0.25) is 0 Å². The van der Waals surface area contributed by atoms with Crippen molar-refractivity contribution in [2.75, 3.05) is 7.11 Å². The van der Waals surface area contributed by atoms with E-state index in [1.807, 2.05) is 36.4 Å². The summed E-state index contributed by atoms with van der Waals surface area (Å²) in [7, 11) is 1.66. The van der Waals surface area contributed by atoms with Crippen molar-refractivity contribution in [1.29, 1.82) is 0 Å². The fraction of sp³-hybridized carbons (Fsp3) is 0.381. The Hall–Kier alpha value is -2.29. The number of hydrogen-bond acceptors (Lipinski definition) is 3. The molecular weight excluding hydrogens is 300 g/mol. The normalized spacial score (nSPS) is 15.9. The fourth-order valence-corrected chi connectivity index (χ4v) is 3.43. The van der Waals surface area contributed by atoms with E-state index in [-0.39, 0.29) is 12.0 Å². The largest absolute Gasteiger partial charge is 0.493 e. The van der Waals surface area contributed by atoms with Crippen LogP contribution in [0.3, 0.4) is 0 Å². The van der Waals surface area contributed by atoms with Crippen LogP contribution < -0.4 is 9.47 Å². The monoisotopic (exact) mass is 324 g/mol. The van der Waals surface area contributed by atoms with E-state index >= 15 is 0 Å². The highest BCUT2D eigenvalue weighted by molar-refractivity contribution is 5.55. The van der Waals surface area contributed by atoms with Gasteiger partial charge in [0.1, 0.15) is 6.29 Å². The summed E-state index contributed by atoms with van der Waals surface area (Å²) >= 11 is 0. The minimum absolute atomic E-state index is 0.0422. The van der Waals surface area contributed by atoms with Crippen molar-refractivity contribution < 1.29 is 14.3 Å². The lowest BCUT2D eigenvalue weighted by atomic mass is 9.89. The minimum Gasteiger partial charge on any atom is -0.493 e. The number of benzene rings is 2. The van der Waals surface area contributed by atoms with E-state index in [0.717, 1.165) is 41.8 Å². The van der Waals surface area contributed by atoms with E-state index in [2.05, 4.69) is 12.1 Å². The Labute approximate surface area is 143 Å². The molecule has 0 N–H and O–H groups in total. The molecule has 0 aromatic heterocycles. The summed E-state index contributed by atoms with van der Waals surface area (Å²) in [5, 5.41) is 0. The number of carbonyl (C=O) groups is 1. The van der Waals surface area contributed by atoms with Gasteiger partial charge in [-0.3, -0.25) is 0 Å². The molecule has 0 radical (unpaired) electrons. The molecular formula is C21H24O3. The molecule has 3 rings (SSSR count). The van der Waals surface area contributed by atoms with Gasteiger partial charge in [-0.15, -0.1) is 0 Å². The fourth-order valence-electron chi connectivity index (χ4n) is 3.43. The summed E-state index contributed by atoms with van der Waals surface area (Å²) in [5.41, 5.74) is 2.23. The third kappa shape index (κ3) is 3.78. The summed E-state index contributed by atoms with van der Waals surface area (Å²) in [6.45, 7) is 0. The van der Waals surface area contributed by atoms with Crippen molar-refractivity contribution in [3.05, 3.63) is 59.7 Å². The maximum Gasteiger partial charge on any atom is 0.161 e. The Bertz CT molecular complexity index is 660. The van der Waals surface area contributed by atoms with Gasteiger partial charge in [-0.1, -0.05) is 36.4 Å². The number of rotatable bonds is 7. The Morgan fingerprint density at radius 1 is 1.04 bits per heavy atom. The van der Waals surface area contributed by atoms with Gasteiger partial charge in [-0.25, -0.2) is 0 Å².